The molecule has 1 aromatic heterocycles. The third-order valence-electron chi connectivity index (χ3n) is 7.14. The van der Waals surface area contributed by atoms with Crippen molar-refractivity contribution in [2.24, 2.45) is 11.8 Å². The number of carboxylic acids is 1. The van der Waals surface area contributed by atoms with Crippen molar-refractivity contribution >= 4 is 23.5 Å². The van der Waals surface area contributed by atoms with Crippen molar-refractivity contribution in [3.8, 4) is 11.6 Å². The molecular weight excluding hydrogens is 545 g/mol. The summed E-state index contributed by atoms with van der Waals surface area (Å²) in [6.07, 6.45) is -1.01. The summed E-state index contributed by atoms with van der Waals surface area (Å²) in [7, 11) is 2.66. The molecule has 2 aromatic rings. The van der Waals surface area contributed by atoms with Gasteiger partial charge in [-0.05, 0) is 74.8 Å². The van der Waals surface area contributed by atoms with Gasteiger partial charge in [0.1, 0.15) is 11.3 Å². The molecule has 224 valence electrons. The maximum Gasteiger partial charge on any atom is 0.421 e. The number of benzene rings is 1. The van der Waals surface area contributed by atoms with Gasteiger partial charge in [-0.25, -0.2) is 9.78 Å². The second kappa shape index (κ2) is 13.8. The molecule has 1 N–H and O–H groups in total. The van der Waals surface area contributed by atoms with E-state index in [4.69, 9.17) is 19.3 Å². The lowest BCUT2D eigenvalue weighted by Gasteiger charge is -2.35. The SMILES string of the molecule is COC[C@H](C)N(c1ccc(Oc2ncc(CCC(=O)O)cc2C(F)(F)F)cc1C(=O)OC)C(=O)[C@H]1CC[C@H](C)CC1. The van der Waals surface area contributed by atoms with Crippen LogP contribution in [0, 0.1) is 11.8 Å². The molecule has 0 bridgehead atoms. The number of rotatable bonds is 11. The highest BCUT2D eigenvalue weighted by molar-refractivity contribution is 6.04. The molecule has 9 nitrogen and oxygen atoms in total. The molecule has 1 saturated carbocycles. The van der Waals surface area contributed by atoms with Crippen LogP contribution in [0.2, 0.25) is 0 Å². The van der Waals surface area contributed by atoms with Gasteiger partial charge < -0.3 is 24.2 Å². The summed E-state index contributed by atoms with van der Waals surface area (Å²) in [4.78, 5) is 42.8. The van der Waals surface area contributed by atoms with Gasteiger partial charge in [0, 0.05) is 25.6 Å². The lowest BCUT2D eigenvalue weighted by Crippen LogP contribution is -2.46. The minimum Gasteiger partial charge on any atom is -0.481 e. The zero-order valence-electron chi connectivity index (χ0n) is 23.5. The number of amides is 1. The zero-order chi connectivity index (χ0) is 30.3. The topological polar surface area (TPSA) is 115 Å². The van der Waals surface area contributed by atoms with Crippen molar-refractivity contribution in [3.05, 3.63) is 47.2 Å². The van der Waals surface area contributed by atoms with Gasteiger partial charge in [0.15, 0.2) is 0 Å². The summed E-state index contributed by atoms with van der Waals surface area (Å²) in [6.45, 7) is 4.10. The van der Waals surface area contributed by atoms with Gasteiger partial charge in [-0.3, -0.25) is 9.59 Å². The van der Waals surface area contributed by atoms with Gasteiger partial charge in [0.05, 0.1) is 31.0 Å². The molecule has 1 aromatic carbocycles. The maximum absolute atomic E-state index is 13.8. The van der Waals surface area contributed by atoms with E-state index in [0.717, 1.165) is 32.2 Å². The Bertz CT molecular complexity index is 1240. The van der Waals surface area contributed by atoms with Crippen molar-refractivity contribution in [2.75, 3.05) is 25.7 Å². The number of aryl methyl sites for hydroxylation is 1. The van der Waals surface area contributed by atoms with Crippen LogP contribution in [-0.2, 0) is 31.7 Å². The number of carbonyl (C=O) groups is 3. The largest absolute Gasteiger partial charge is 0.481 e. The number of carboxylic acid groups (broad SMARTS) is 1. The number of halogens is 3. The summed E-state index contributed by atoms with van der Waals surface area (Å²) in [6, 6.07) is 4.33. The van der Waals surface area contributed by atoms with Crippen LogP contribution in [-0.4, -0.2) is 54.8 Å². The highest BCUT2D eigenvalue weighted by Crippen LogP contribution is 2.39. The Morgan fingerprint density at radius 2 is 1.80 bits per heavy atom. The number of hydrogen-bond donors (Lipinski definition) is 1. The number of alkyl halides is 3. The first-order valence-electron chi connectivity index (χ1n) is 13.4. The van der Waals surface area contributed by atoms with E-state index in [2.05, 4.69) is 11.9 Å². The van der Waals surface area contributed by atoms with E-state index >= 15 is 0 Å². The first-order chi connectivity index (χ1) is 19.3. The van der Waals surface area contributed by atoms with E-state index in [1.165, 1.54) is 30.2 Å². The van der Waals surface area contributed by atoms with Crippen molar-refractivity contribution < 1.29 is 46.9 Å². The Balaban J connectivity index is 2.02. The Kier molecular flexibility index (Phi) is 10.7. The molecule has 0 unspecified atom stereocenters. The average Bonchev–Trinajstić information content (AvgIpc) is 2.92. The van der Waals surface area contributed by atoms with E-state index < -0.39 is 35.6 Å². The van der Waals surface area contributed by atoms with E-state index in [-0.39, 0.29) is 53.8 Å². The van der Waals surface area contributed by atoms with Crippen LogP contribution in [0.1, 0.15) is 67.4 Å². The minimum absolute atomic E-state index is 0.0721. The Labute approximate surface area is 236 Å². The van der Waals surface area contributed by atoms with Crippen molar-refractivity contribution in [3.63, 3.8) is 0 Å². The highest BCUT2D eigenvalue weighted by Gasteiger charge is 2.37. The number of anilines is 1. The van der Waals surface area contributed by atoms with Crippen LogP contribution in [0.15, 0.2) is 30.5 Å². The standard InChI is InChI=1S/C29H35F3N2O7/c1-17-5-8-20(9-6-17)27(37)34(18(2)16-39-3)24-11-10-21(14-22(24)28(38)40-4)41-26-23(29(30,31)32)13-19(15-33-26)7-12-25(35)36/h10-11,13-15,17-18,20H,5-9,12,16H2,1-4H3,(H,35,36)/t17-,18-,20-/m0/s1. The number of carbonyl (C=O) groups excluding carboxylic acids is 2. The van der Waals surface area contributed by atoms with E-state index in [0.29, 0.717) is 18.8 Å². The zero-order valence-corrected chi connectivity index (χ0v) is 23.5. The third-order valence-corrected chi connectivity index (χ3v) is 7.14. The Morgan fingerprint density at radius 1 is 1.12 bits per heavy atom. The molecule has 0 saturated heterocycles. The summed E-state index contributed by atoms with van der Waals surface area (Å²) in [5.74, 6) is -2.76. The maximum atomic E-state index is 13.8. The smallest absolute Gasteiger partial charge is 0.421 e. The number of pyridine rings is 1. The lowest BCUT2D eigenvalue weighted by atomic mass is 9.82. The lowest BCUT2D eigenvalue weighted by molar-refractivity contribution is -0.139. The van der Waals surface area contributed by atoms with E-state index in [1.807, 2.05) is 0 Å². The summed E-state index contributed by atoms with van der Waals surface area (Å²) in [5, 5.41) is 8.85. The van der Waals surface area contributed by atoms with Crippen LogP contribution in [0.3, 0.4) is 0 Å². The second-order valence-electron chi connectivity index (χ2n) is 10.3. The first kappa shape index (κ1) is 31.9. The fraction of sp³-hybridized carbons (Fsp3) is 0.517. The van der Waals surface area contributed by atoms with Crippen LogP contribution in [0.5, 0.6) is 11.6 Å². The number of ether oxygens (including phenoxy) is 3. The molecule has 41 heavy (non-hydrogen) atoms. The fourth-order valence-electron chi connectivity index (χ4n) is 4.93. The molecule has 1 aliphatic carbocycles. The predicted octanol–water partition coefficient (Wildman–Crippen LogP) is 5.89. The third kappa shape index (κ3) is 8.18. The molecule has 1 aliphatic rings. The summed E-state index contributed by atoms with van der Waals surface area (Å²) in [5.41, 5.74) is -0.959. The van der Waals surface area contributed by atoms with Crippen molar-refractivity contribution in [1.82, 2.24) is 4.98 Å². The molecule has 0 aliphatic heterocycles. The highest BCUT2D eigenvalue weighted by atomic mass is 19.4. The number of nitrogens with zero attached hydrogens (tertiary/aromatic N) is 2. The van der Waals surface area contributed by atoms with Crippen LogP contribution < -0.4 is 9.64 Å². The molecule has 3 rings (SSSR count). The summed E-state index contributed by atoms with van der Waals surface area (Å²) < 4.78 is 57.3. The van der Waals surface area contributed by atoms with Gasteiger partial charge in [0.25, 0.3) is 0 Å². The van der Waals surface area contributed by atoms with Crippen LogP contribution >= 0.6 is 0 Å². The fourth-order valence-corrected chi connectivity index (χ4v) is 4.93. The number of aliphatic carboxylic acids is 1. The van der Waals surface area contributed by atoms with Gasteiger partial charge in [0.2, 0.25) is 11.8 Å². The second-order valence-corrected chi connectivity index (χ2v) is 10.3. The predicted molar refractivity (Wildman–Crippen MR) is 143 cm³/mol. The van der Waals surface area contributed by atoms with Gasteiger partial charge >= 0.3 is 18.1 Å². The van der Waals surface area contributed by atoms with E-state index in [1.54, 1.807) is 6.92 Å². The quantitative estimate of drug-likeness (QED) is 0.327. The minimum atomic E-state index is -4.84. The van der Waals surface area contributed by atoms with Crippen molar-refractivity contribution in [1.29, 1.82) is 0 Å². The average molecular weight is 581 g/mol. The van der Waals surface area contributed by atoms with Gasteiger partial charge in [-0.15, -0.1) is 0 Å². The Morgan fingerprint density at radius 3 is 2.39 bits per heavy atom. The number of esters is 1. The molecule has 12 heteroatoms. The number of aromatic nitrogens is 1. The number of hydrogen-bond acceptors (Lipinski definition) is 7. The van der Waals surface area contributed by atoms with E-state index in [9.17, 15) is 27.6 Å². The Hall–Kier alpha value is -3.67. The number of methoxy groups -OCH3 is 2. The van der Waals surface area contributed by atoms with Gasteiger partial charge in [-0.2, -0.15) is 13.2 Å². The molecule has 0 radical (unpaired) electrons. The molecular formula is C29H35F3N2O7. The molecule has 1 atom stereocenters. The summed E-state index contributed by atoms with van der Waals surface area (Å²) >= 11 is 0. The normalized spacial score (nSPS) is 17.9. The molecule has 1 heterocycles. The van der Waals surface area contributed by atoms with Crippen LogP contribution in [0.25, 0.3) is 0 Å². The van der Waals surface area contributed by atoms with Crippen LogP contribution in [0.4, 0.5) is 18.9 Å². The van der Waals surface area contributed by atoms with Gasteiger partial charge in [-0.1, -0.05) is 6.92 Å². The monoisotopic (exact) mass is 580 g/mol. The first-order valence-corrected chi connectivity index (χ1v) is 13.4. The molecule has 1 fully saturated rings. The molecule has 1 amide bonds. The molecule has 0 spiro atoms. The van der Waals surface area contributed by atoms with Crippen molar-refractivity contribution in [2.45, 2.75) is 64.6 Å².